The Morgan fingerprint density at radius 2 is 1.84 bits per heavy atom. The normalized spacial score (nSPS) is 23.6. The smallest absolute Gasteiger partial charge is 0.385 e. The van der Waals surface area contributed by atoms with E-state index < -0.39 is 17.3 Å². The maximum absolute atomic E-state index is 12.9. The van der Waals surface area contributed by atoms with Crippen LogP contribution in [0.1, 0.15) is 53.8 Å². The summed E-state index contributed by atoms with van der Waals surface area (Å²) in [6, 6.07) is 13.6. The highest BCUT2D eigenvalue weighted by Crippen LogP contribution is 2.40. The minimum atomic E-state index is -4.42. The molecule has 32 heavy (non-hydrogen) atoms. The lowest BCUT2D eigenvalue weighted by molar-refractivity contribution is -0.137. The van der Waals surface area contributed by atoms with Crippen molar-refractivity contribution in [3.63, 3.8) is 0 Å². The summed E-state index contributed by atoms with van der Waals surface area (Å²) in [5.41, 5.74) is 0.622. The van der Waals surface area contributed by atoms with Crippen LogP contribution in [0.4, 0.5) is 13.2 Å². The van der Waals surface area contributed by atoms with Gasteiger partial charge in [0.05, 0.1) is 47.3 Å². The van der Waals surface area contributed by atoms with Gasteiger partial charge in [0.2, 0.25) is 0 Å². The van der Waals surface area contributed by atoms with E-state index in [1.807, 2.05) is 19.1 Å². The fourth-order valence-electron chi connectivity index (χ4n) is 4.21. The third kappa shape index (κ3) is 4.66. The first-order chi connectivity index (χ1) is 15.2. The maximum atomic E-state index is 12.9. The summed E-state index contributed by atoms with van der Waals surface area (Å²) in [7, 11) is 0. The summed E-state index contributed by atoms with van der Waals surface area (Å²) in [6.07, 6.45) is -1.99. The van der Waals surface area contributed by atoms with Crippen LogP contribution in [-0.4, -0.2) is 26.1 Å². The van der Waals surface area contributed by atoms with Crippen molar-refractivity contribution in [1.82, 2.24) is 20.3 Å². The summed E-state index contributed by atoms with van der Waals surface area (Å²) in [6.45, 7) is 2.40. The van der Waals surface area contributed by atoms with Crippen LogP contribution in [-0.2, 0) is 18.3 Å². The predicted molar refractivity (Wildman–Crippen MR) is 110 cm³/mol. The summed E-state index contributed by atoms with van der Waals surface area (Å²) in [4.78, 5) is 0. The van der Waals surface area contributed by atoms with Crippen molar-refractivity contribution in [2.24, 2.45) is 0 Å². The second-order valence-electron chi connectivity index (χ2n) is 8.28. The third-order valence-electron chi connectivity index (χ3n) is 5.76. The highest BCUT2D eigenvalue weighted by atomic mass is 19.4. The van der Waals surface area contributed by atoms with E-state index in [1.54, 1.807) is 23.0 Å². The van der Waals surface area contributed by atoms with Crippen molar-refractivity contribution in [2.45, 2.75) is 50.2 Å². The SMILES string of the molecule is C[C@H]1CC(O)(c2ccc(C(F)(F)F)cc2)C[C@@H](c2cn(Cc3ccc(C#N)cc3)nn2)N1. The van der Waals surface area contributed by atoms with Crippen LogP contribution in [0.2, 0.25) is 0 Å². The summed E-state index contributed by atoms with van der Waals surface area (Å²) < 4.78 is 40.4. The molecule has 1 aliphatic heterocycles. The Hall–Kier alpha value is -3.22. The quantitative estimate of drug-likeness (QED) is 0.641. The minimum absolute atomic E-state index is 0.0790. The van der Waals surface area contributed by atoms with Crippen LogP contribution in [0.25, 0.3) is 0 Å². The Morgan fingerprint density at radius 1 is 1.16 bits per heavy atom. The van der Waals surface area contributed by atoms with Gasteiger partial charge in [0.15, 0.2) is 0 Å². The molecule has 0 radical (unpaired) electrons. The predicted octanol–water partition coefficient (Wildman–Crippen LogP) is 3.92. The molecular weight excluding hydrogens is 419 g/mol. The van der Waals surface area contributed by atoms with E-state index in [9.17, 15) is 18.3 Å². The number of piperidine rings is 1. The zero-order valence-electron chi connectivity index (χ0n) is 17.3. The number of nitrogens with one attached hydrogen (secondary N) is 1. The largest absolute Gasteiger partial charge is 0.416 e. The molecule has 6 nitrogen and oxygen atoms in total. The van der Waals surface area contributed by atoms with Crippen LogP contribution in [0.15, 0.2) is 54.7 Å². The molecule has 1 fully saturated rings. The summed E-state index contributed by atoms with van der Waals surface area (Å²) in [5.74, 6) is 0. The van der Waals surface area contributed by atoms with E-state index in [1.165, 1.54) is 12.1 Å². The summed E-state index contributed by atoms with van der Waals surface area (Å²) in [5, 5.41) is 32.0. The number of nitriles is 1. The average Bonchev–Trinajstić information content (AvgIpc) is 3.22. The molecule has 2 heterocycles. The van der Waals surface area contributed by atoms with E-state index in [0.717, 1.165) is 17.7 Å². The van der Waals surface area contributed by atoms with E-state index in [-0.39, 0.29) is 18.5 Å². The monoisotopic (exact) mass is 441 g/mol. The van der Waals surface area contributed by atoms with Gasteiger partial charge in [-0.1, -0.05) is 29.5 Å². The van der Waals surface area contributed by atoms with Crippen LogP contribution in [0.5, 0.6) is 0 Å². The molecule has 2 aromatic carbocycles. The molecule has 1 saturated heterocycles. The molecule has 1 aromatic heterocycles. The fourth-order valence-corrected chi connectivity index (χ4v) is 4.21. The van der Waals surface area contributed by atoms with Gasteiger partial charge in [0.1, 0.15) is 0 Å². The second-order valence-corrected chi connectivity index (χ2v) is 8.28. The molecule has 1 aliphatic rings. The molecule has 0 amide bonds. The van der Waals surface area contributed by atoms with Gasteiger partial charge in [0, 0.05) is 12.5 Å². The molecule has 4 rings (SSSR count). The van der Waals surface area contributed by atoms with E-state index >= 15 is 0 Å². The molecule has 0 aliphatic carbocycles. The third-order valence-corrected chi connectivity index (χ3v) is 5.76. The van der Waals surface area contributed by atoms with Crippen molar-refractivity contribution < 1.29 is 18.3 Å². The molecule has 2 N–H and O–H groups in total. The Balaban J connectivity index is 1.51. The molecule has 9 heteroatoms. The van der Waals surface area contributed by atoms with E-state index in [2.05, 4.69) is 21.7 Å². The Kier molecular flexibility index (Phi) is 5.75. The van der Waals surface area contributed by atoms with Crippen LogP contribution in [0, 0.1) is 11.3 Å². The number of benzene rings is 2. The first kappa shape index (κ1) is 22.0. The number of aromatic nitrogens is 3. The van der Waals surface area contributed by atoms with Gasteiger partial charge in [-0.05, 0) is 48.7 Å². The number of hydrogen-bond donors (Lipinski definition) is 2. The van der Waals surface area contributed by atoms with E-state index in [0.29, 0.717) is 29.8 Å². The summed E-state index contributed by atoms with van der Waals surface area (Å²) >= 11 is 0. The molecular formula is C23H22F3N5O. The van der Waals surface area contributed by atoms with Crippen LogP contribution < -0.4 is 5.32 Å². The molecule has 1 unspecified atom stereocenters. The Morgan fingerprint density at radius 3 is 2.47 bits per heavy atom. The van der Waals surface area contributed by atoms with E-state index in [4.69, 9.17) is 5.26 Å². The Labute approximate surface area is 183 Å². The van der Waals surface area contributed by atoms with Crippen molar-refractivity contribution in [3.05, 3.63) is 82.7 Å². The van der Waals surface area contributed by atoms with Gasteiger partial charge in [-0.15, -0.1) is 5.10 Å². The lowest BCUT2D eigenvalue weighted by Gasteiger charge is -2.40. The highest BCUT2D eigenvalue weighted by Gasteiger charge is 2.41. The molecule has 166 valence electrons. The van der Waals surface area contributed by atoms with Crippen molar-refractivity contribution in [1.29, 1.82) is 5.26 Å². The van der Waals surface area contributed by atoms with Crippen molar-refractivity contribution >= 4 is 0 Å². The van der Waals surface area contributed by atoms with Gasteiger partial charge in [0.25, 0.3) is 0 Å². The first-order valence-corrected chi connectivity index (χ1v) is 10.2. The molecule has 3 aromatic rings. The van der Waals surface area contributed by atoms with Gasteiger partial charge < -0.3 is 10.4 Å². The minimum Gasteiger partial charge on any atom is -0.385 e. The number of alkyl halides is 3. The number of rotatable bonds is 4. The average molecular weight is 441 g/mol. The second kappa shape index (κ2) is 8.37. The van der Waals surface area contributed by atoms with Gasteiger partial charge in [-0.2, -0.15) is 18.4 Å². The Bertz CT molecular complexity index is 1120. The lowest BCUT2D eigenvalue weighted by atomic mass is 9.78. The zero-order valence-corrected chi connectivity index (χ0v) is 17.3. The van der Waals surface area contributed by atoms with Crippen LogP contribution >= 0.6 is 0 Å². The molecule has 0 bridgehead atoms. The molecule has 3 atom stereocenters. The topological polar surface area (TPSA) is 86.8 Å². The van der Waals surface area contributed by atoms with Gasteiger partial charge in [-0.25, -0.2) is 4.68 Å². The lowest BCUT2D eigenvalue weighted by Crippen LogP contribution is -2.47. The van der Waals surface area contributed by atoms with Crippen molar-refractivity contribution in [3.8, 4) is 6.07 Å². The maximum Gasteiger partial charge on any atom is 0.416 e. The van der Waals surface area contributed by atoms with Crippen molar-refractivity contribution in [2.75, 3.05) is 0 Å². The number of aliphatic hydroxyl groups is 1. The first-order valence-electron chi connectivity index (χ1n) is 10.2. The highest BCUT2D eigenvalue weighted by molar-refractivity contribution is 5.32. The fraction of sp³-hybridized carbons (Fsp3) is 0.348. The molecule has 0 saturated carbocycles. The number of halogens is 3. The zero-order chi connectivity index (χ0) is 22.9. The van der Waals surface area contributed by atoms with Gasteiger partial charge >= 0.3 is 6.18 Å². The molecule has 0 spiro atoms. The number of nitrogens with zero attached hydrogens (tertiary/aromatic N) is 4. The standard InChI is InChI=1S/C23H22F3N5O/c1-15-10-22(32,18-6-8-19(9-7-18)23(24,25)26)11-20(28-15)21-14-31(30-29-21)13-17-4-2-16(12-27)3-5-17/h2-9,14-15,20,28,32H,10-11,13H2,1H3/t15-,20-,22?/m0/s1. The number of hydrogen-bond acceptors (Lipinski definition) is 5. The van der Waals surface area contributed by atoms with Crippen LogP contribution in [0.3, 0.4) is 0 Å². The van der Waals surface area contributed by atoms with Gasteiger partial charge in [-0.3, -0.25) is 0 Å².